The molecular formula is C14H19N3O2. The molecule has 1 heterocycles. The smallest absolute Gasteiger partial charge is 0.146 e. The Morgan fingerprint density at radius 1 is 1.32 bits per heavy atom. The Labute approximate surface area is 112 Å². The van der Waals surface area contributed by atoms with Gasteiger partial charge in [0, 0.05) is 17.0 Å². The lowest BCUT2D eigenvalue weighted by molar-refractivity contribution is 0.0659. The summed E-state index contributed by atoms with van der Waals surface area (Å²) in [4.78, 5) is 4.48. The molecule has 0 bridgehead atoms. The van der Waals surface area contributed by atoms with Crippen molar-refractivity contribution in [1.29, 1.82) is 0 Å². The van der Waals surface area contributed by atoms with Crippen LogP contribution in [-0.2, 0) is 11.3 Å². The fourth-order valence-electron chi connectivity index (χ4n) is 1.81. The molecule has 5 nitrogen and oxygen atoms in total. The number of benzene rings is 1. The molecule has 1 aromatic carbocycles. The molecule has 0 unspecified atom stereocenters. The van der Waals surface area contributed by atoms with Gasteiger partial charge in [-0.3, -0.25) is 0 Å². The maximum Gasteiger partial charge on any atom is 0.146 e. The minimum atomic E-state index is 0.164. The minimum Gasteiger partial charge on any atom is -0.497 e. The highest BCUT2D eigenvalue weighted by Gasteiger charge is 2.08. The van der Waals surface area contributed by atoms with Crippen LogP contribution in [0.25, 0.3) is 10.9 Å². The molecule has 5 heteroatoms. The van der Waals surface area contributed by atoms with Crippen molar-refractivity contribution in [1.82, 2.24) is 4.98 Å². The lowest BCUT2D eigenvalue weighted by Crippen LogP contribution is -2.13. The van der Waals surface area contributed by atoms with Crippen molar-refractivity contribution in [2.75, 3.05) is 12.5 Å². The maximum atomic E-state index is 5.60. The number of hydrogen-bond donors (Lipinski definition) is 2. The molecule has 0 aliphatic carbocycles. The van der Waals surface area contributed by atoms with Gasteiger partial charge in [-0.15, -0.1) is 0 Å². The number of methoxy groups -OCH3 is 1. The summed E-state index contributed by atoms with van der Waals surface area (Å²) >= 11 is 0. The van der Waals surface area contributed by atoms with E-state index >= 15 is 0 Å². The van der Waals surface area contributed by atoms with Crippen molar-refractivity contribution in [3.8, 4) is 5.75 Å². The van der Waals surface area contributed by atoms with Gasteiger partial charge in [0.05, 0.1) is 25.3 Å². The highest BCUT2D eigenvalue weighted by molar-refractivity contribution is 5.83. The SMILES string of the molecule is COc1ccc2cc(COC(C)C)c(NN)nc2c1. The quantitative estimate of drug-likeness (QED) is 0.639. The summed E-state index contributed by atoms with van der Waals surface area (Å²) in [5, 5.41) is 1.03. The maximum absolute atomic E-state index is 5.60. The number of anilines is 1. The van der Waals surface area contributed by atoms with Crippen molar-refractivity contribution < 1.29 is 9.47 Å². The molecule has 2 rings (SSSR count). The third kappa shape index (κ3) is 3.13. The molecule has 0 radical (unpaired) electrons. The first kappa shape index (κ1) is 13.6. The number of fused-ring (bicyclic) bond motifs is 1. The van der Waals surface area contributed by atoms with Crippen LogP contribution in [0.15, 0.2) is 24.3 Å². The second kappa shape index (κ2) is 5.86. The van der Waals surface area contributed by atoms with Crippen molar-refractivity contribution in [3.63, 3.8) is 0 Å². The molecule has 0 fully saturated rings. The standard InChI is InChI=1S/C14H19N3O2/c1-9(2)19-8-11-6-10-4-5-12(18-3)7-13(10)16-14(11)17-15/h4-7,9H,8,15H2,1-3H3,(H,16,17). The highest BCUT2D eigenvalue weighted by atomic mass is 16.5. The number of hydrazine groups is 1. The average molecular weight is 261 g/mol. The van der Waals surface area contributed by atoms with Gasteiger partial charge in [-0.2, -0.15) is 0 Å². The van der Waals surface area contributed by atoms with E-state index in [1.165, 1.54) is 0 Å². The molecule has 102 valence electrons. The third-order valence-electron chi connectivity index (χ3n) is 2.81. The second-order valence-electron chi connectivity index (χ2n) is 4.56. The largest absolute Gasteiger partial charge is 0.497 e. The summed E-state index contributed by atoms with van der Waals surface area (Å²) in [5.74, 6) is 6.92. The van der Waals surface area contributed by atoms with E-state index in [0.29, 0.717) is 12.4 Å². The lowest BCUT2D eigenvalue weighted by atomic mass is 10.1. The van der Waals surface area contributed by atoms with Crippen molar-refractivity contribution >= 4 is 16.7 Å². The summed E-state index contributed by atoms with van der Waals surface area (Å²) in [6.45, 7) is 4.47. The highest BCUT2D eigenvalue weighted by Crippen LogP contribution is 2.24. The summed E-state index contributed by atoms with van der Waals surface area (Å²) in [5.41, 5.74) is 4.39. The second-order valence-corrected chi connectivity index (χ2v) is 4.56. The van der Waals surface area contributed by atoms with E-state index in [1.807, 2.05) is 38.1 Å². The monoisotopic (exact) mass is 261 g/mol. The molecule has 0 saturated heterocycles. The van der Waals surface area contributed by atoms with Crippen LogP contribution in [0.3, 0.4) is 0 Å². The molecule has 0 spiro atoms. The number of hydrogen-bond acceptors (Lipinski definition) is 5. The zero-order valence-electron chi connectivity index (χ0n) is 11.4. The van der Waals surface area contributed by atoms with Crippen LogP contribution in [0.1, 0.15) is 19.4 Å². The van der Waals surface area contributed by atoms with Gasteiger partial charge in [0.1, 0.15) is 11.6 Å². The Kier molecular flexibility index (Phi) is 4.19. The van der Waals surface area contributed by atoms with Gasteiger partial charge in [-0.1, -0.05) is 0 Å². The summed E-state index contributed by atoms with van der Waals surface area (Å²) < 4.78 is 10.8. The Morgan fingerprint density at radius 2 is 2.11 bits per heavy atom. The van der Waals surface area contributed by atoms with Gasteiger partial charge in [0.25, 0.3) is 0 Å². The van der Waals surface area contributed by atoms with Gasteiger partial charge >= 0.3 is 0 Å². The van der Waals surface area contributed by atoms with Crippen molar-refractivity contribution in [3.05, 3.63) is 29.8 Å². The molecule has 0 amide bonds. The van der Waals surface area contributed by atoms with E-state index in [0.717, 1.165) is 22.2 Å². The van der Waals surface area contributed by atoms with Crippen LogP contribution in [0, 0.1) is 0 Å². The van der Waals surface area contributed by atoms with E-state index < -0.39 is 0 Å². The molecular weight excluding hydrogens is 242 g/mol. The minimum absolute atomic E-state index is 0.164. The van der Waals surface area contributed by atoms with Crippen LogP contribution >= 0.6 is 0 Å². The van der Waals surface area contributed by atoms with E-state index in [9.17, 15) is 0 Å². The summed E-state index contributed by atoms with van der Waals surface area (Å²) in [6.07, 6.45) is 0.164. The zero-order valence-corrected chi connectivity index (χ0v) is 11.4. The van der Waals surface area contributed by atoms with Gasteiger partial charge in [0.15, 0.2) is 0 Å². The Hall–Kier alpha value is -1.85. The number of rotatable bonds is 5. The predicted molar refractivity (Wildman–Crippen MR) is 76.0 cm³/mol. The number of pyridine rings is 1. The van der Waals surface area contributed by atoms with E-state index in [4.69, 9.17) is 15.3 Å². The number of nitrogens with one attached hydrogen (secondary N) is 1. The first-order valence-electron chi connectivity index (χ1n) is 6.20. The summed E-state index contributed by atoms with van der Waals surface area (Å²) in [6, 6.07) is 7.79. The first-order chi connectivity index (χ1) is 9.13. The van der Waals surface area contributed by atoms with E-state index in [-0.39, 0.29) is 6.10 Å². The fourth-order valence-corrected chi connectivity index (χ4v) is 1.81. The third-order valence-corrected chi connectivity index (χ3v) is 2.81. The van der Waals surface area contributed by atoms with Crippen molar-refractivity contribution in [2.45, 2.75) is 26.6 Å². The van der Waals surface area contributed by atoms with E-state index in [1.54, 1.807) is 7.11 Å². The molecule has 19 heavy (non-hydrogen) atoms. The van der Waals surface area contributed by atoms with Gasteiger partial charge < -0.3 is 14.9 Å². The summed E-state index contributed by atoms with van der Waals surface area (Å²) in [7, 11) is 1.63. The Morgan fingerprint density at radius 3 is 2.74 bits per heavy atom. The van der Waals surface area contributed by atoms with E-state index in [2.05, 4.69) is 10.4 Å². The normalized spacial score (nSPS) is 11.0. The fraction of sp³-hybridized carbons (Fsp3) is 0.357. The number of nitrogens with zero attached hydrogens (tertiary/aromatic N) is 1. The molecule has 0 aliphatic rings. The van der Waals surface area contributed by atoms with Gasteiger partial charge in [-0.05, 0) is 32.0 Å². The molecule has 1 aromatic heterocycles. The van der Waals surface area contributed by atoms with Crippen molar-refractivity contribution in [2.24, 2.45) is 5.84 Å². The lowest BCUT2D eigenvalue weighted by Gasteiger charge is -2.12. The van der Waals surface area contributed by atoms with Crippen LogP contribution < -0.4 is 16.0 Å². The van der Waals surface area contributed by atoms with Crippen LogP contribution in [0.2, 0.25) is 0 Å². The Balaban J connectivity index is 2.41. The van der Waals surface area contributed by atoms with Gasteiger partial charge in [0.2, 0.25) is 0 Å². The zero-order chi connectivity index (χ0) is 13.8. The number of ether oxygens (including phenoxy) is 2. The van der Waals surface area contributed by atoms with Crippen LogP contribution in [-0.4, -0.2) is 18.2 Å². The first-order valence-corrected chi connectivity index (χ1v) is 6.20. The molecule has 0 aliphatic heterocycles. The molecule has 2 aromatic rings. The van der Waals surface area contributed by atoms with Crippen LogP contribution in [0.5, 0.6) is 5.75 Å². The Bertz CT molecular complexity index is 570. The molecule has 0 atom stereocenters. The number of nitrogens with two attached hydrogens (primary N) is 1. The molecule has 3 N–H and O–H groups in total. The average Bonchev–Trinajstić information content (AvgIpc) is 2.43. The van der Waals surface area contributed by atoms with Crippen LogP contribution in [0.4, 0.5) is 5.82 Å². The predicted octanol–water partition coefficient (Wildman–Crippen LogP) is 2.45. The number of nitrogen functional groups attached to an aromatic ring is 1. The number of aromatic nitrogens is 1. The molecule has 0 saturated carbocycles. The van der Waals surface area contributed by atoms with Gasteiger partial charge in [-0.25, -0.2) is 10.8 Å². The topological polar surface area (TPSA) is 69.4 Å².